The van der Waals surface area contributed by atoms with Crippen LogP contribution in [0, 0.1) is 0 Å². The number of thioether (sulfide) groups is 1. The number of aromatic nitrogens is 2. The number of hydrogen-bond acceptors (Lipinski definition) is 7. The third-order valence-electron chi connectivity index (χ3n) is 5.06. The van der Waals surface area contributed by atoms with Crippen LogP contribution < -0.4 is 9.80 Å². The molecule has 4 rings (SSSR count). The van der Waals surface area contributed by atoms with E-state index in [1.54, 1.807) is 0 Å². The molecular weight excluding hydrogens is 431 g/mol. The Morgan fingerprint density at radius 3 is 2.83 bits per heavy atom. The van der Waals surface area contributed by atoms with Gasteiger partial charge in [0.2, 0.25) is 0 Å². The van der Waals surface area contributed by atoms with E-state index in [0.29, 0.717) is 36.4 Å². The SMILES string of the molecule is CSc1ncc2c(n1)N(CCOC1CCCCO1)CN(c1c(Cl)cccc1Cl)C2. The number of para-hydroxylation sites is 1. The van der Waals surface area contributed by atoms with Gasteiger partial charge in [0.25, 0.3) is 0 Å². The van der Waals surface area contributed by atoms with Gasteiger partial charge in [-0.1, -0.05) is 41.0 Å². The van der Waals surface area contributed by atoms with Crippen molar-refractivity contribution >= 4 is 46.5 Å². The quantitative estimate of drug-likeness (QED) is 0.457. The van der Waals surface area contributed by atoms with E-state index in [4.69, 9.17) is 37.7 Å². The van der Waals surface area contributed by atoms with Crippen LogP contribution in [0.1, 0.15) is 24.8 Å². The van der Waals surface area contributed by atoms with Crippen LogP contribution in [0.4, 0.5) is 11.5 Å². The number of fused-ring (bicyclic) bond motifs is 1. The summed E-state index contributed by atoms with van der Waals surface area (Å²) in [4.78, 5) is 13.6. The molecule has 29 heavy (non-hydrogen) atoms. The summed E-state index contributed by atoms with van der Waals surface area (Å²) in [5.41, 5.74) is 1.87. The highest BCUT2D eigenvalue weighted by Gasteiger charge is 2.27. The lowest BCUT2D eigenvalue weighted by Gasteiger charge is -2.39. The number of nitrogens with zero attached hydrogens (tertiary/aromatic N) is 4. The minimum Gasteiger partial charge on any atom is -0.353 e. The highest BCUT2D eigenvalue weighted by molar-refractivity contribution is 7.98. The Hall–Kier alpha value is -1.25. The van der Waals surface area contributed by atoms with Crippen molar-refractivity contribution in [1.29, 1.82) is 0 Å². The second kappa shape index (κ2) is 9.71. The number of rotatable bonds is 6. The normalized spacial score (nSPS) is 19.3. The molecule has 0 spiro atoms. The van der Waals surface area contributed by atoms with Crippen molar-refractivity contribution in [3.05, 3.63) is 40.0 Å². The third kappa shape index (κ3) is 4.91. The maximum absolute atomic E-state index is 6.47. The van der Waals surface area contributed by atoms with Crippen LogP contribution in [-0.4, -0.2) is 48.9 Å². The van der Waals surface area contributed by atoms with Crippen LogP contribution in [0.25, 0.3) is 0 Å². The van der Waals surface area contributed by atoms with Crippen LogP contribution in [-0.2, 0) is 16.0 Å². The van der Waals surface area contributed by atoms with Gasteiger partial charge in [0.15, 0.2) is 11.4 Å². The van der Waals surface area contributed by atoms with Gasteiger partial charge in [-0.05, 0) is 37.7 Å². The van der Waals surface area contributed by atoms with Gasteiger partial charge in [0.1, 0.15) is 5.82 Å². The standard InChI is InChI=1S/C20H24Cl2N4O2S/c1-29-20-23-11-14-12-26(18-15(21)5-4-6-16(18)22)13-25(19(14)24-20)8-10-28-17-7-2-3-9-27-17/h4-6,11,17H,2-3,7-10,12-13H2,1H3. The molecule has 2 aromatic rings. The molecule has 2 aliphatic rings. The fourth-order valence-corrected chi connectivity index (χ4v) is 4.62. The van der Waals surface area contributed by atoms with Crippen LogP contribution >= 0.6 is 35.0 Å². The lowest BCUT2D eigenvalue weighted by Crippen LogP contribution is -2.45. The van der Waals surface area contributed by atoms with E-state index in [1.165, 1.54) is 11.8 Å². The van der Waals surface area contributed by atoms with E-state index >= 15 is 0 Å². The number of benzene rings is 1. The van der Waals surface area contributed by atoms with Crippen molar-refractivity contribution in [2.45, 2.75) is 37.3 Å². The Labute approximate surface area is 185 Å². The van der Waals surface area contributed by atoms with E-state index in [1.807, 2.05) is 30.7 Å². The Morgan fingerprint density at radius 2 is 2.10 bits per heavy atom. The molecule has 1 aromatic carbocycles. The second-order valence-corrected chi connectivity index (χ2v) is 8.63. The lowest BCUT2D eigenvalue weighted by atomic mass is 10.2. The van der Waals surface area contributed by atoms with Gasteiger partial charge in [0, 0.05) is 31.5 Å². The zero-order valence-electron chi connectivity index (χ0n) is 16.3. The van der Waals surface area contributed by atoms with Crippen molar-refractivity contribution in [1.82, 2.24) is 9.97 Å². The van der Waals surface area contributed by atoms with Crippen molar-refractivity contribution in [2.75, 3.05) is 42.5 Å². The first-order valence-electron chi connectivity index (χ1n) is 9.72. The van der Waals surface area contributed by atoms with E-state index in [2.05, 4.69) is 14.8 Å². The number of halogens is 2. The Kier molecular flexibility index (Phi) is 7.03. The first-order chi connectivity index (χ1) is 14.2. The molecule has 0 aliphatic carbocycles. The highest BCUT2D eigenvalue weighted by atomic mass is 35.5. The summed E-state index contributed by atoms with van der Waals surface area (Å²) in [7, 11) is 0. The summed E-state index contributed by atoms with van der Waals surface area (Å²) in [6.07, 6.45) is 6.99. The number of hydrogen-bond donors (Lipinski definition) is 0. The predicted molar refractivity (Wildman–Crippen MR) is 118 cm³/mol. The van der Waals surface area contributed by atoms with Crippen LogP contribution in [0.3, 0.4) is 0 Å². The van der Waals surface area contributed by atoms with Crippen LogP contribution in [0.15, 0.2) is 29.6 Å². The van der Waals surface area contributed by atoms with E-state index in [-0.39, 0.29) is 6.29 Å². The fraction of sp³-hybridized carbons (Fsp3) is 0.500. The Morgan fingerprint density at radius 1 is 1.28 bits per heavy atom. The second-order valence-electron chi connectivity index (χ2n) is 7.05. The van der Waals surface area contributed by atoms with Gasteiger partial charge in [-0.3, -0.25) is 0 Å². The molecule has 2 aliphatic heterocycles. The zero-order valence-corrected chi connectivity index (χ0v) is 18.6. The molecule has 1 saturated heterocycles. The summed E-state index contributed by atoms with van der Waals surface area (Å²) in [5.74, 6) is 0.942. The average molecular weight is 455 g/mol. The maximum Gasteiger partial charge on any atom is 0.189 e. The molecular formula is C20H24Cl2N4O2S. The summed E-state index contributed by atoms with van der Waals surface area (Å²) in [6, 6.07) is 5.58. The Balaban J connectivity index is 1.54. The minimum atomic E-state index is -0.103. The van der Waals surface area contributed by atoms with E-state index in [0.717, 1.165) is 48.1 Å². The first-order valence-corrected chi connectivity index (χ1v) is 11.7. The molecule has 0 saturated carbocycles. The summed E-state index contributed by atoms with van der Waals surface area (Å²) >= 11 is 14.5. The molecule has 3 heterocycles. The first kappa shape index (κ1) is 21.0. The van der Waals surface area contributed by atoms with Gasteiger partial charge >= 0.3 is 0 Å². The van der Waals surface area contributed by atoms with Gasteiger partial charge in [-0.15, -0.1) is 0 Å². The van der Waals surface area contributed by atoms with E-state index < -0.39 is 0 Å². The van der Waals surface area contributed by atoms with Crippen molar-refractivity contribution in [2.24, 2.45) is 0 Å². The van der Waals surface area contributed by atoms with Crippen LogP contribution in [0.2, 0.25) is 10.0 Å². The lowest BCUT2D eigenvalue weighted by molar-refractivity contribution is -0.160. The largest absolute Gasteiger partial charge is 0.353 e. The molecule has 156 valence electrons. The molecule has 9 heteroatoms. The summed E-state index contributed by atoms with van der Waals surface area (Å²) in [6.45, 7) is 3.30. The minimum absolute atomic E-state index is 0.103. The van der Waals surface area contributed by atoms with Gasteiger partial charge in [-0.25, -0.2) is 9.97 Å². The molecule has 1 aromatic heterocycles. The summed E-state index contributed by atoms with van der Waals surface area (Å²) < 4.78 is 11.6. The average Bonchev–Trinajstić information content (AvgIpc) is 2.74. The van der Waals surface area contributed by atoms with Crippen molar-refractivity contribution in [3.8, 4) is 0 Å². The third-order valence-corrected chi connectivity index (χ3v) is 6.23. The topological polar surface area (TPSA) is 50.7 Å². The van der Waals surface area contributed by atoms with E-state index in [9.17, 15) is 0 Å². The molecule has 1 fully saturated rings. The molecule has 1 unspecified atom stereocenters. The maximum atomic E-state index is 6.47. The van der Waals surface area contributed by atoms with Gasteiger partial charge in [0.05, 0.1) is 29.0 Å². The molecule has 1 atom stereocenters. The highest BCUT2D eigenvalue weighted by Crippen LogP contribution is 2.37. The zero-order chi connectivity index (χ0) is 20.2. The van der Waals surface area contributed by atoms with Crippen molar-refractivity contribution < 1.29 is 9.47 Å². The number of anilines is 2. The van der Waals surface area contributed by atoms with Gasteiger partial charge in [-0.2, -0.15) is 0 Å². The molecule has 6 nitrogen and oxygen atoms in total. The molecule has 0 amide bonds. The van der Waals surface area contributed by atoms with Crippen molar-refractivity contribution in [3.63, 3.8) is 0 Å². The monoisotopic (exact) mass is 454 g/mol. The Bertz CT molecular complexity index is 831. The summed E-state index contributed by atoms with van der Waals surface area (Å²) in [5, 5.41) is 2.03. The molecule has 0 N–H and O–H groups in total. The van der Waals surface area contributed by atoms with Crippen LogP contribution in [0.5, 0.6) is 0 Å². The predicted octanol–water partition coefficient (Wildman–Crippen LogP) is 4.83. The molecule has 0 radical (unpaired) electrons. The number of ether oxygens (including phenoxy) is 2. The van der Waals surface area contributed by atoms with Gasteiger partial charge < -0.3 is 19.3 Å². The fourth-order valence-electron chi connectivity index (χ4n) is 3.65. The smallest absolute Gasteiger partial charge is 0.189 e. The molecule has 0 bridgehead atoms.